The Morgan fingerprint density at radius 3 is 2.72 bits per heavy atom. The second kappa shape index (κ2) is 7.14. The summed E-state index contributed by atoms with van der Waals surface area (Å²) in [4.78, 5) is 27.5. The molecule has 3 aromatic rings. The van der Waals surface area contributed by atoms with E-state index >= 15 is 0 Å². The third kappa shape index (κ3) is 3.66. The van der Waals surface area contributed by atoms with Gasteiger partial charge in [0.25, 0.3) is 11.5 Å². The lowest BCUT2D eigenvalue weighted by Gasteiger charge is -2.08. The number of H-pyrrole nitrogens is 1. The molecule has 0 fully saturated rings. The van der Waals surface area contributed by atoms with Gasteiger partial charge >= 0.3 is 0 Å². The van der Waals surface area contributed by atoms with E-state index in [1.165, 1.54) is 23.5 Å². The van der Waals surface area contributed by atoms with Crippen LogP contribution in [0.1, 0.15) is 10.5 Å². The Hall–Kier alpha value is -3.20. The molecule has 3 rings (SSSR count). The zero-order chi connectivity index (χ0) is 17.8. The van der Waals surface area contributed by atoms with Crippen molar-refractivity contribution in [2.24, 2.45) is 0 Å². The lowest BCUT2D eigenvalue weighted by atomic mass is 10.1. The molecule has 128 valence electrons. The maximum Gasteiger partial charge on any atom is 0.277 e. The molecule has 0 saturated heterocycles. The van der Waals surface area contributed by atoms with E-state index in [9.17, 15) is 9.59 Å². The molecular formula is C16H14N4O4S. The summed E-state index contributed by atoms with van der Waals surface area (Å²) in [6.45, 7) is 0. The molecule has 0 spiro atoms. The van der Waals surface area contributed by atoms with E-state index in [1.807, 2.05) is 6.07 Å². The van der Waals surface area contributed by atoms with Crippen LogP contribution >= 0.6 is 11.3 Å². The molecule has 0 bridgehead atoms. The van der Waals surface area contributed by atoms with Gasteiger partial charge in [-0.05, 0) is 24.3 Å². The van der Waals surface area contributed by atoms with Crippen molar-refractivity contribution in [3.05, 3.63) is 51.8 Å². The number of nitrogens with one attached hydrogen (secondary N) is 2. The van der Waals surface area contributed by atoms with Gasteiger partial charge in [-0.3, -0.25) is 14.9 Å². The molecule has 0 aliphatic carbocycles. The van der Waals surface area contributed by atoms with Gasteiger partial charge in [0.15, 0.2) is 5.13 Å². The van der Waals surface area contributed by atoms with Gasteiger partial charge < -0.3 is 9.47 Å². The van der Waals surface area contributed by atoms with Gasteiger partial charge in [-0.25, -0.2) is 10.1 Å². The van der Waals surface area contributed by atoms with Crippen LogP contribution in [-0.2, 0) is 0 Å². The number of amides is 1. The lowest BCUT2D eigenvalue weighted by molar-refractivity contribution is 0.102. The van der Waals surface area contributed by atoms with E-state index in [2.05, 4.69) is 20.5 Å². The minimum atomic E-state index is -0.463. The van der Waals surface area contributed by atoms with Gasteiger partial charge in [-0.15, -0.1) is 11.3 Å². The number of anilines is 1. The first kappa shape index (κ1) is 16.7. The summed E-state index contributed by atoms with van der Waals surface area (Å²) in [7, 11) is 3.15. The summed E-state index contributed by atoms with van der Waals surface area (Å²) in [5.74, 6) is 0.855. The Labute approximate surface area is 146 Å². The third-order valence-electron chi connectivity index (χ3n) is 3.32. The zero-order valence-electron chi connectivity index (χ0n) is 13.4. The van der Waals surface area contributed by atoms with Gasteiger partial charge in [-0.1, -0.05) is 0 Å². The monoisotopic (exact) mass is 358 g/mol. The van der Waals surface area contributed by atoms with Crippen molar-refractivity contribution in [1.82, 2.24) is 15.2 Å². The van der Waals surface area contributed by atoms with Crippen molar-refractivity contribution in [3.8, 4) is 22.8 Å². The molecule has 2 aromatic heterocycles. The van der Waals surface area contributed by atoms with Crippen LogP contribution < -0.4 is 20.3 Å². The fourth-order valence-electron chi connectivity index (χ4n) is 2.10. The first-order valence-corrected chi connectivity index (χ1v) is 8.03. The van der Waals surface area contributed by atoms with Crippen LogP contribution in [0.15, 0.2) is 40.5 Å². The predicted octanol–water partition coefficient (Wildman–Crippen LogP) is 2.16. The van der Waals surface area contributed by atoms with Crippen molar-refractivity contribution in [2.75, 3.05) is 19.5 Å². The summed E-state index contributed by atoms with van der Waals surface area (Å²) in [6, 6.07) is 7.96. The van der Waals surface area contributed by atoms with Gasteiger partial charge in [0.2, 0.25) is 0 Å². The molecule has 0 aliphatic rings. The highest BCUT2D eigenvalue weighted by molar-refractivity contribution is 7.14. The van der Waals surface area contributed by atoms with Crippen LogP contribution in [0, 0.1) is 0 Å². The molecule has 0 atom stereocenters. The fourth-order valence-corrected chi connectivity index (χ4v) is 2.81. The molecule has 1 aromatic carbocycles. The Bertz CT molecular complexity index is 946. The molecule has 2 N–H and O–H groups in total. The van der Waals surface area contributed by atoms with Crippen LogP contribution in [0.25, 0.3) is 11.3 Å². The molecule has 25 heavy (non-hydrogen) atoms. The number of nitrogens with zero attached hydrogens (tertiary/aromatic N) is 2. The second-order valence-corrected chi connectivity index (χ2v) is 5.72. The number of rotatable bonds is 5. The zero-order valence-corrected chi connectivity index (χ0v) is 14.2. The predicted molar refractivity (Wildman–Crippen MR) is 93.5 cm³/mol. The van der Waals surface area contributed by atoms with E-state index in [-0.39, 0.29) is 11.3 Å². The van der Waals surface area contributed by atoms with Gasteiger partial charge in [0, 0.05) is 17.0 Å². The highest BCUT2D eigenvalue weighted by atomic mass is 32.1. The molecule has 2 heterocycles. The number of ether oxygens (including phenoxy) is 2. The normalized spacial score (nSPS) is 10.3. The SMILES string of the molecule is COc1ccc(OC)c(-c2csc(NC(=O)c3ccc(=O)[nH]n3)n2)c1. The summed E-state index contributed by atoms with van der Waals surface area (Å²) >= 11 is 1.26. The highest BCUT2D eigenvalue weighted by Gasteiger charge is 2.14. The smallest absolute Gasteiger partial charge is 0.277 e. The van der Waals surface area contributed by atoms with E-state index in [0.29, 0.717) is 22.3 Å². The second-order valence-electron chi connectivity index (χ2n) is 4.86. The molecular weight excluding hydrogens is 344 g/mol. The van der Waals surface area contributed by atoms with Gasteiger partial charge in [-0.2, -0.15) is 5.10 Å². The van der Waals surface area contributed by atoms with Crippen LogP contribution in [0.4, 0.5) is 5.13 Å². The maximum atomic E-state index is 12.1. The van der Waals surface area contributed by atoms with Crippen LogP contribution in [0.3, 0.4) is 0 Å². The standard InChI is InChI=1S/C16H14N4O4S/c1-23-9-3-5-13(24-2)10(7-9)12-8-25-16(17-12)18-15(22)11-4-6-14(21)20-19-11/h3-8H,1-2H3,(H,20,21)(H,17,18,22). The van der Waals surface area contributed by atoms with Crippen molar-refractivity contribution in [2.45, 2.75) is 0 Å². The maximum absolute atomic E-state index is 12.1. The minimum Gasteiger partial charge on any atom is -0.497 e. The van der Waals surface area contributed by atoms with Crippen molar-refractivity contribution in [3.63, 3.8) is 0 Å². The van der Waals surface area contributed by atoms with E-state index in [4.69, 9.17) is 9.47 Å². The number of carbonyl (C=O) groups excluding carboxylic acids is 1. The van der Waals surface area contributed by atoms with Crippen molar-refractivity contribution < 1.29 is 14.3 Å². The molecule has 8 nitrogen and oxygen atoms in total. The number of hydrogen-bond acceptors (Lipinski definition) is 7. The molecule has 0 unspecified atom stereocenters. The van der Waals surface area contributed by atoms with Crippen molar-refractivity contribution in [1.29, 1.82) is 0 Å². The Morgan fingerprint density at radius 2 is 2.04 bits per heavy atom. The first-order valence-electron chi connectivity index (χ1n) is 7.15. The number of benzene rings is 1. The molecule has 1 amide bonds. The number of methoxy groups -OCH3 is 2. The number of thiazole rings is 1. The number of hydrogen-bond donors (Lipinski definition) is 2. The third-order valence-corrected chi connectivity index (χ3v) is 4.08. The van der Waals surface area contributed by atoms with Gasteiger partial charge in [0.1, 0.15) is 17.2 Å². The lowest BCUT2D eigenvalue weighted by Crippen LogP contribution is -2.17. The summed E-state index contributed by atoms with van der Waals surface area (Å²) < 4.78 is 10.6. The Balaban J connectivity index is 1.84. The topological polar surface area (TPSA) is 106 Å². The quantitative estimate of drug-likeness (QED) is 0.724. The van der Waals surface area contributed by atoms with Gasteiger partial charge in [0.05, 0.1) is 19.9 Å². The summed E-state index contributed by atoms with van der Waals surface area (Å²) in [6.07, 6.45) is 0. The van der Waals surface area contributed by atoms with E-state index < -0.39 is 5.91 Å². The van der Waals surface area contributed by atoms with Crippen LogP contribution in [-0.4, -0.2) is 35.3 Å². The average molecular weight is 358 g/mol. The minimum absolute atomic E-state index is 0.0929. The van der Waals surface area contributed by atoms with E-state index in [0.717, 1.165) is 5.56 Å². The Kier molecular flexibility index (Phi) is 4.75. The first-order chi connectivity index (χ1) is 12.1. The molecule has 0 aliphatic heterocycles. The highest BCUT2D eigenvalue weighted by Crippen LogP contribution is 2.35. The van der Waals surface area contributed by atoms with Crippen LogP contribution in [0.2, 0.25) is 0 Å². The number of carbonyl (C=O) groups is 1. The van der Waals surface area contributed by atoms with Crippen LogP contribution in [0.5, 0.6) is 11.5 Å². The average Bonchev–Trinajstić information content (AvgIpc) is 3.10. The van der Waals surface area contributed by atoms with Crippen molar-refractivity contribution >= 4 is 22.4 Å². The fraction of sp³-hybridized carbons (Fsp3) is 0.125. The molecule has 9 heteroatoms. The molecule has 0 radical (unpaired) electrons. The van der Waals surface area contributed by atoms with E-state index in [1.54, 1.807) is 31.7 Å². The summed E-state index contributed by atoms with van der Waals surface area (Å²) in [5, 5.41) is 10.7. The molecule has 0 saturated carbocycles. The summed E-state index contributed by atoms with van der Waals surface area (Å²) in [5.41, 5.74) is 1.11. The largest absolute Gasteiger partial charge is 0.497 e. The number of aromatic amines is 1. The Morgan fingerprint density at radius 1 is 1.20 bits per heavy atom. The number of aromatic nitrogens is 3.